The summed E-state index contributed by atoms with van der Waals surface area (Å²) in [6.07, 6.45) is 3.17. The van der Waals surface area contributed by atoms with Crippen molar-refractivity contribution in [2.75, 3.05) is 0 Å². The number of aryl methyl sites for hydroxylation is 1. The van der Waals surface area contributed by atoms with Crippen molar-refractivity contribution in [3.63, 3.8) is 0 Å². The molecule has 140 valence electrons. The van der Waals surface area contributed by atoms with E-state index in [9.17, 15) is 5.11 Å². The molecule has 0 amide bonds. The lowest BCUT2D eigenvalue weighted by Gasteiger charge is -2.17. The summed E-state index contributed by atoms with van der Waals surface area (Å²) in [5, 5.41) is 20.0. The van der Waals surface area contributed by atoms with E-state index < -0.39 is 6.10 Å². The molecule has 0 aromatic heterocycles. The van der Waals surface area contributed by atoms with Crippen molar-refractivity contribution in [3.05, 3.63) is 89.0 Å². The molecule has 0 saturated carbocycles. The maximum atomic E-state index is 10.8. The number of hydrogen-bond donors (Lipinski definition) is 1. The number of aliphatic hydroxyl groups is 1. The van der Waals surface area contributed by atoms with Gasteiger partial charge >= 0.3 is 0 Å². The SMILES string of the molecule is N#Cc1cccc(-c2ccc3c(c2)C(O)CCCCc2ccccc2CO3)c1. The molecule has 1 N–H and O–H groups in total. The molecule has 0 spiro atoms. The number of nitriles is 1. The molecular formula is C25H23NO2. The van der Waals surface area contributed by atoms with Gasteiger partial charge in [0.15, 0.2) is 0 Å². The van der Waals surface area contributed by atoms with Gasteiger partial charge in [0.05, 0.1) is 17.7 Å². The Balaban J connectivity index is 1.70. The van der Waals surface area contributed by atoms with E-state index in [1.165, 1.54) is 11.1 Å². The van der Waals surface area contributed by atoms with Crippen LogP contribution in [0.15, 0.2) is 66.7 Å². The highest BCUT2D eigenvalue weighted by Crippen LogP contribution is 2.34. The van der Waals surface area contributed by atoms with Crippen LogP contribution in [-0.2, 0) is 13.0 Å². The summed E-state index contributed by atoms with van der Waals surface area (Å²) in [5.74, 6) is 0.726. The second-order valence-electron chi connectivity index (χ2n) is 7.26. The molecule has 1 heterocycles. The van der Waals surface area contributed by atoms with E-state index in [1.807, 2.05) is 42.5 Å². The van der Waals surface area contributed by atoms with Gasteiger partial charge in [0, 0.05) is 5.56 Å². The summed E-state index contributed by atoms with van der Waals surface area (Å²) in [4.78, 5) is 0. The van der Waals surface area contributed by atoms with Gasteiger partial charge in [-0.1, -0.05) is 48.9 Å². The van der Waals surface area contributed by atoms with Crippen LogP contribution < -0.4 is 4.74 Å². The number of nitrogens with zero attached hydrogens (tertiary/aromatic N) is 1. The monoisotopic (exact) mass is 369 g/mol. The summed E-state index contributed by atoms with van der Waals surface area (Å²) in [6, 6.07) is 24.0. The highest BCUT2D eigenvalue weighted by atomic mass is 16.5. The Hall–Kier alpha value is -3.09. The fourth-order valence-corrected chi connectivity index (χ4v) is 3.79. The average molecular weight is 369 g/mol. The second-order valence-corrected chi connectivity index (χ2v) is 7.26. The highest BCUT2D eigenvalue weighted by molar-refractivity contribution is 5.67. The Morgan fingerprint density at radius 2 is 1.71 bits per heavy atom. The number of aliphatic hydroxyl groups excluding tert-OH is 1. The molecule has 1 aliphatic heterocycles. The summed E-state index contributed by atoms with van der Waals surface area (Å²) in [5.41, 5.74) is 5.92. The normalized spacial score (nSPS) is 16.6. The Kier molecular flexibility index (Phi) is 5.41. The molecule has 4 rings (SSSR count). The van der Waals surface area contributed by atoms with E-state index in [4.69, 9.17) is 10.00 Å². The van der Waals surface area contributed by atoms with Crippen molar-refractivity contribution in [3.8, 4) is 22.9 Å². The Labute approximate surface area is 165 Å². The molecule has 1 atom stereocenters. The number of hydrogen-bond acceptors (Lipinski definition) is 3. The molecule has 28 heavy (non-hydrogen) atoms. The molecule has 3 aromatic carbocycles. The molecule has 3 nitrogen and oxygen atoms in total. The van der Waals surface area contributed by atoms with E-state index in [1.54, 1.807) is 6.07 Å². The third-order valence-electron chi connectivity index (χ3n) is 5.37. The molecule has 1 unspecified atom stereocenters. The standard InChI is InChI=1S/C25H23NO2/c26-16-18-6-5-10-20(14-18)21-12-13-25-23(15-21)24(27)11-4-3-8-19-7-1-2-9-22(19)17-28-25/h1-2,5-7,9-10,12-15,24,27H,3-4,8,11,17H2. The fraction of sp³-hybridized carbons (Fsp3) is 0.240. The number of rotatable bonds is 1. The van der Waals surface area contributed by atoms with Gasteiger partial charge in [0.25, 0.3) is 0 Å². The van der Waals surface area contributed by atoms with Crippen LogP contribution in [0.3, 0.4) is 0 Å². The third kappa shape index (κ3) is 3.93. The average Bonchev–Trinajstić information content (AvgIpc) is 2.78. The minimum absolute atomic E-state index is 0.499. The smallest absolute Gasteiger partial charge is 0.125 e. The van der Waals surface area contributed by atoms with Crippen LogP contribution in [-0.4, -0.2) is 5.11 Å². The molecule has 0 aliphatic carbocycles. The number of fused-ring (bicyclic) bond motifs is 2. The maximum absolute atomic E-state index is 10.8. The van der Waals surface area contributed by atoms with Crippen LogP contribution in [0.25, 0.3) is 11.1 Å². The van der Waals surface area contributed by atoms with Gasteiger partial charge in [0.2, 0.25) is 0 Å². The molecule has 0 saturated heterocycles. The van der Waals surface area contributed by atoms with Crippen molar-refractivity contribution in [1.29, 1.82) is 5.26 Å². The van der Waals surface area contributed by atoms with Gasteiger partial charge in [-0.05, 0) is 65.8 Å². The van der Waals surface area contributed by atoms with E-state index in [0.29, 0.717) is 18.6 Å². The van der Waals surface area contributed by atoms with E-state index >= 15 is 0 Å². The first-order valence-corrected chi connectivity index (χ1v) is 9.77. The Bertz CT molecular complexity index is 1020. The first-order valence-electron chi connectivity index (χ1n) is 9.77. The number of benzene rings is 3. The van der Waals surface area contributed by atoms with Crippen LogP contribution in [0.1, 0.15) is 47.6 Å². The summed E-state index contributed by atoms with van der Waals surface area (Å²) >= 11 is 0. The van der Waals surface area contributed by atoms with Crippen LogP contribution in [0.4, 0.5) is 0 Å². The molecular weight excluding hydrogens is 346 g/mol. The summed E-state index contributed by atoms with van der Waals surface area (Å²) in [7, 11) is 0. The minimum Gasteiger partial charge on any atom is -0.489 e. The Morgan fingerprint density at radius 1 is 0.893 bits per heavy atom. The van der Waals surface area contributed by atoms with Gasteiger partial charge in [-0.25, -0.2) is 0 Å². The van der Waals surface area contributed by atoms with Crippen LogP contribution in [0.5, 0.6) is 5.75 Å². The quantitative estimate of drug-likeness (QED) is 0.610. The van der Waals surface area contributed by atoms with Crippen molar-refractivity contribution in [2.24, 2.45) is 0 Å². The molecule has 0 fully saturated rings. The van der Waals surface area contributed by atoms with E-state index in [0.717, 1.165) is 41.7 Å². The lowest BCUT2D eigenvalue weighted by atomic mass is 9.96. The van der Waals surface area contributed by atoms with Gasteiger partial charge < -0.3 is 9.84 Å². The van der Waals surface area contributed by atoms with E-state index in [2.05, 4.69) is 24.3 Å². The minimum atomic E-state index is -0.560. The van der Waals surface area contributed by atoms with Crippen molar-refractivity contribution in [1.82, 2.24) is 0 Å². The zero-order valence-electron chi connectivity index (χ0n) is 15.8. The van der Waals surface area contributed by atoms with Crippen LogP contribution >= 0.6 is 0 Å². The molecule has 0 bridgehead atoms. The van der Waals surface area contributed by atoms with Gasteiger partial charge in [-0.2, -0.15) is 5.26 Å². The summed E-state index contributed by atoms with van der Waals surface area (Å²) in [6.45, 7) is 0.499. The fourth-order valence-electron chi connectivity index (χ4n) is 3.79. The van der Waals surface area contributed by atoms with Crippen molar-refractivity contribution >= 4 is 0 Å². The molecule has 1 aliphatic rings. The first-order chi connectivity index (χ1) is 13.7. The third-order valence-corrected chi connectivity index (χ3v) is 5.37. The second kappa shape index (κ2) is 8.29. The van der Waals surface area contributed by atoms with Crippen molar-refractivity contribution in [2.45, 2.75) is 38.4 Å². The maximum Gasteiger partial charge on any atom is 0.125 e. The first kappa shape index (κ1) is 18.3. The predicted octanol–water partition coefficient (Wildman–Crippen LogP) is 5.56. The number of ether oxygens (including phenoxy) is 1. The lowest BCUT2D eigenvalue weighted by Crippen LogP contribution is -2.04. The van der Waals surface area contributed by atoms with Crippen LogP contribution in [0, 0.1) is 11.3 Å². The lowest BCUT2D eigenvalue weighted by molar-refractivity contribution is 0.158. The molecule has 3 heteroatoms. The topological polar surface area (TPSA) is 53.2 Å². The zero-order chi connectivity index (χ0) is 19.3. The van der Waals surface area contributed by atoms with Crippen molar-refractivity contribution < 1.29 is 9.84 Å². The van der Waals surface area contributed by atoms with Gasteiger partial charge in [0.1, 0.15) is 12.4 Å². The largest absolute Gasteiger partial charge is 0.489 e. The highest BCUT2D eigenvalue weighted by Gasteiger charge is 2.17. The predicted molar refractivity (Wildman–Crippen MR) is 110 cm³/mol. The summed E-state index contributed by atoms with van der Waals surface area (Å²) < 4.78 is 6.14. The molecule has 3 aromatic rings. The van der Waals surface area contributed by atoms with E-state index in [-0.39, 0.29) is 0 Å². The molecule has 0 radical (unpaired) electrons. The van der Waals surface area contributed by atoms with Crippen LogP contribution in [0.2, 0.25) is 0 Å². The zero-order valence-corrected chi connectivity index (χ0v) is 15.8. The Morgan fingerprint density at radius 3 is 2.57 bits per heavy atom. The van der Waals surface area contributed by atoms with Gasteiger partial charge in [-0.3, -0.25) is 0 Å². The van der Waals surface area contributed by atoms with Gasteiger partial charge in [-0.15, -0.1) is 0 Å².